The highest BCUT2D eigenvalue weighted by Crippen LogP contribution is 1.95. The van der Waals surface area contributed by atoms with Crippen LogP contribution in [-0.4, -0.2) is 18.3 Å². The van der Waals surface area contributed by atoms with Crippen LogP contribution in [0.15, 0.2) is 0 Å². The molecule has 0 rings (SSSR count). The Hall–Kier alpha value is -0.240. The van der Waals surface area contributed by atoms with E-state index in [4.69, 9.17) is 10.4 Å². The quantitative estimate of drug-likeness (QED) is 0.371. The molecule has 0 aliphatic carbocycles. The van der Waals surface area contributed by atoms with Crippen molar-refractivity contribution in [3.8, 4) is 5.40 Å². The lowest BCUT2D eigenvalue weighted by atomic mass is 10.8. The first-order valence-electron chi connectivity index (χ1n) is 2.70. The summed E-state index contributed by atoms with van der Waals surface area (Å²) in [6.07, 6.45) is 0. The van der Waals surface area contributed by atoms with Crippen LogP contribution in [0.2, 0.25) is 0 Å². The average Bonchev–Trinajstić information content (AvgIpc) is 1.94. The Balaban J connectivity index is 0. The molecule has 54 valence electrons. The minimum absolute atomic E-state index is 0.0331. The fourth-order valence-electron chi connectivity index (χ4n) is 0.105. The van der Waals surface area contributed by atoms with Crippen molar-refractivity contribution < 1.29 is 9.29 Å². The van der Waals surface area contributed by atoms with Crippen molar-refractivity contribution in [3.05, 3.63) is 0 Å². The van der Waals surface area contributed by atoms with E-state index in [9.17, 15) is 0 Å². The van der Waals surface area contributed by atoms with Gasteiger partial charge >= 0.3 is 0 Å². The van der Waals surface area contributed by atoms with E-state index in [1.54, 1.807) is 5.40 Å². The van der Waals surface area contributed by atoms with Gasteiger partial charge in [-0.05, 0) is 0 Å². The Labute approximate surface area is 59.8 Å². The maximum absolute atomic E-state index is 8.05. The minimum atomic E-state index is -0.0331. The molecule has 0 saturated heterocycles. The van der Waals surface area contributed by atoms with Crippen LogP contribution in [0.1, 0.15) is 13.8 Å². The number of nitriles is 1. The lowest BCUT2D eigenvalue weighted by molar-refractivity contribution is 0.222. The van der Waals surface area contributed by atoms with Crippen molar-refractivity contribution in [2.75, 3.05) is 13.2 Å². The first-order valence-corrected chi connectivity index (χ1v) is 3.44. The van der Waals surface area contributed by atoms with E-state index in [0.717, 1.165) is 0 Å². The highest BCUT2D eigenvalue weighted by atomic mass is 32.2. The van der Waals surface area contributed by atoms with Gasteiger partial charge in [-0.25, -0.2) is 0 Å². The molecular weight excluding hydrogens is 138 g/mol. The molecule has 0 heterocycles. The second kappa shape index (κ2) is 15.7. The number of aliphatic hydroxyl groups is 1. The number of rotatable bonds is 3. The van der Waals surface area contributed by atoms with Crippen LogP contribution < -0.4 is 0 Å². The van der Waals surface area contributed by atoms with E-state index in [2.05, 4.69) is 4.18 Å². The zero-order valence-corrected chi connectivity index (χ0v) is 6.44. The van der Waals surface area contributed by atoms with Crippen molar-refractivity contribution in [1.82, 2.24) is 0 Å². The van der Waals surface area contributed by atoms with Crippen LogP contribution >= 0.6 is 12.0 Å². The number of hydrogen-bond acceptors (Lipinski definition) is 4. The SMILES string of the molecule is CC.N#CSOCCO. The molecule has 3 nitrogen and oxygen atoms in total. The Bertz CT molecular complexity index is 71.8. The Kier molecular flexibility index (Phi) is 20.1. The third-order valence-corrected chi connectivity index (χ3v) is 0.630. The predicted octanol–water partition coefficient (Wildman–Crippen LogP) is 1.15. The molecule has 0 aromatic heterocycles. The lowest BCUT2D eigenvalue weighted by Gasteiger charge is -1.86. The summed E-state index contributed by atoms with van der Waals surface area (Å²) in [6.45, 7) is 4.19. The lowest BCUT2D eigenvalue weighted by Crippen LogP contribution is -1.90. The highest BCUT2D eigenvalue weighted by molar-refractivity contribution is 7.99. The van der Waals surface area contributed by atoms with Crippen molar-refractivity contribution in [2.45, 2.75) is 13.8 Å². The first kappa shape index (κ1) is 11.5. The molecular formula is C5H11NO2S. The van der Waals surface area contributed by atoms with Crippen LogP contribution in [0.4, 0.5) is 0 Å². The normalized spacial score (nSPS) is 6.89. The van der Waals surface area contributed by atoms with Crippen LogP contribution in [0.25, 0.3) is 0 Å². The number of thiocyanates is 1. The van der Waals surface area contributed by atoms with Crippen LogP contribution in [0.3, 0.4) is 0 Å². The monoisotopic (exact) mass is 149 g/mol. The summed E-state index contributed by atoms with van der Waals surface area (Å²) < 4.78 is 4.44. The van der Waals surface area contributed by atoms with Crippen LogP contribution in [0.5, 0.6) is 0 Å². The smallest absolute Gasteiger partial charge is 0.163 e. The molecule has 0 bridgehead atoms. The van der Waals surface area contributed by atoms with E-state index in [0.29, 0.717) is 12.0 Å². The number of nitrogens with zero attached hydrogens (tertiary/aromatic N) is 1. The van der Waals surface area contributed by atoms with Gasteiger partial charge in [0.15, 0.2) is 5.40 Å². The van der Waals surface area contributed by atoms with Crippen LogP contribution in [0, 0.1) is 10.7 Å². The molecule has 4 heteroatoms. The third-order valence-electron chi connectivity index (χ3n) is 0.271. The predicted molar refractivity (Wildman–Crippen MR) is 37.6 cm³/mol. The van der Waals surface area contributed by atoms with Crippen molar-refractivity contribution in [2.24, 2.45) is 0 Å². The van der Waals surface area contributed by atoms with Crippen molar-refractivity contribution >= 4 is 12.0 Å². The molecule has 0 aliphatic rings. The van der Waals surface area contributed by atoms with Gasteiger partial charge in [-0.15, -0.1) is 0 Å². The van der Waals surface area contributed by atoms with Crippen molar-refractivity contribution in [1.29, 1.82) is 5.26 Å². The first-order chi connectivity index (χ1) is 4.41. The molecule has 0 amide bonds. The molecule has 0 atom stereocenters. The standard InChI is InChI=1S/C3H5NO2S.C2H6/c4-3-7-6-2-1-5;1-2/h5H,1-2H2;1-2H3. The molecule has 0 spiro atoms. The van der Waals surface area contributed by atoms with Gasteiger partial charge in [0.2, 0.25) is 0 Å². The minimum Gasteiger partial charge on any atom is -0.394 e. The van der Waals surface area contributed by atoms with Gasteiger partial charge in [0, 0.05) is 0 Å². The molecule has 0 unspecified atom stereocenters. The highest BCUT2D eigenvalue weighted by Gasteiger charge is 1.80. The maximum Gasteiger partial charge on any atom is 0.163 e. The van der Waals surface area contributed by atoms with Gasteiger partial charge in [0.25, 0.3) is 0 Å². The summed E-state index contributed by atoms with van der Waals surface area (Å²) in [5, 5.41) is 17.5. The number of aliphatic hydroxyl groups excluding tert-OH is 1. The summed E-state index contributed by atoms with van der Waals surface area (Å²) in [6, 6.07) is 0. The van der Waals surface area contributed by atoms with E-state index in [1.807, 2.05) is 13.8 Å². The fourth-order valence-corrected chi connectivity index (χ4v) is 0.316. The molecule has 0 aliphatic heterocycles. The average molecular weight is 149 g/mol. The topological polar surface area (TPSA) is 53.2 Å². The number of hydrogen-bond donors (Lipinski definition) is 1. The summed E-state index contributed by atoms with van der Waals surface area (Å²) in [5.41, 5.74) is 0. The fraction of sp³-hybridized carbons (Fsp3) is 0.800. The second-order valence-corrected chi connectivity index (χ2v) is 1.31. The van der Waals surface area contributed by atoms with E-state index in [-0.39, 0.29) is 13.2 Å². The molecule has 0 saturated carbocycles. The second-order valence-electron chi connectivity index (χ2n) is 0.720. The van der Waals surface area contributed by atoms with Gasteiger partial charge in [-0.2, -0.15) is 5.26 Å². The summed E-state index contributed by atoms with van der Waals surface area (Å²) in [7, 11) is 0. The third kappa shape index (κ3) is 18.2. The van der Waals surface area contributed by atoms with E-state index >= 15 is 0 Å². The largest absolute Gasteiger partial charge is 0.394 e. The molecule has 0 radical (unpaired) electrons. The van der Waals surface area contributed by atoms with E-state index < -0.39 is 0 Å². The van der Waals surface area contributed by atoms with Gasteiger partial charge in [-0.3, -0.25) is 4.18 Å². The maximum atomic E-state index is 8.05. The summed E-state index contributed by atoms with van der Waals surface area (Å²) >= 11 is 0.678. The Morgan fingerprint density at radius 1 is 1.67 bits per heavy atom. The van der Waals surface area contributed by atoms with Gasteiger partial charge < -0.3 is 5.11 Å². The van der Waals surface area contributed by atoms with Gasteiger partial charge in [-0.1, -0.05) is 13.8 Å². The zero-order chi connectivity index (χ0) is 7.54. The molecule has 9 heavy (non-hydrogen) atoms. The molecule has 0 fully saturated rings. The molecule has 0 aromatic carbocycles. The van der Waals surface area contributed by atoms with E-state index in [1.165, 1.54) is 0 Å². The summed E-state index contributed by atoms with van der Waals surface area (Å²) in [4.78, 5) is 0. The Morgan fingerprint density at radius 3 is 2.56 bits per heavy atom. The van der Waals surface area contributed by atoms with Gasteiger partial charge in [0.05, 0.1) is 13.2 Å². The molecule has 1 N–H and O–H groups in total. The van der Waals surface area contributed by atoms with Crippen molar-refractivity contribution in [3.63, 3.8) is 0 Å². The molecule has 0 aromatic rings. The van der Waals surface area contributed by atoms with Gasteiger partial charge in [0.1, 0.15) is 12.0 Å². The Morgan fingerprint density at radius 2 is 2.22 bits per heavy atom. The summed E-state index contributed by atoms with van der Waals surface area (Å²) in [5.74, 6) is 0. The zero-order valence-electron chi connectivity index (χ0n) is 5.63. The van der Waals surface area contributed by atoms with Crippen LogP contribution in [-0.2, 0) is 4.18 Å².